The van der Waals surface area contributed by atoms with Crippen molar-refractivity contribution in [3.8, 4) is 17.3 Å². The molecule has 0 saturated carbocycles. The number of H-pyrrole nitrogens is 1. The summed E-state index contributed by atoms with van der Waals surface area (Å²) >= 11 is 13.2. The van der Waals surface area contributed by atoms with Gasteiger partial charge in [-0.15, -0.1) is 0 Å². The van der Waals surface area contributed by atoms with Crippen LogP contribution in [-0.4, -0.2) is 43.0 Å². The summed E-state index contributed by atoms with van der Waals surface area (Å²) in [5.41, 5.74) is 9.93. The molecule has 1 fully saturated rings. The number of rotatable bonds is 3. The molecule has 1 aliphatic rings. The molecule has 0 radical (unpaired) electrons. The Labute approximate surface area is 216 Å². The number of aryl methyl sites for hydroxylation is 1. The van der Waals surface area contributed by atoms with E-state index in [0.29, 0.717) is 62.4 Å². The Bertz CT molecular complexity index is 1660. The number of halogens is 2. The summed E-state index contributed by atoms with van der Waals surface area (Å²) in [6.45, 7) is 1.34. The van der Waals surface area contributed by atoms with Gasteiger partial charge in [0.15, 0.2) is 11.3 Å². The third-order valence-corrected chi connectivity index (χ3v) is 7.75. The molecule has 5 aromatic rings. The number of piperidine rings is 1. The average Bonchev–Trinajstić information content (AvgIpc) is 3.45. The molecule has 2 aromatic carbocycles. The summed E-state index contributed by atoms with van der Waals surface area (Å²) in [6, 6.07) is 16.0. The van der Waals surface area contributed by atoms with Crippen LogP contribution in [0.5, 0.6) is 0 Å². The number of nitrogens with zero attached hydrogens (tertiary/aromatic N) is 7. The quantitative estimate of drug-likeness (QED) is 0.359. The monoisotopic (exact) mass is 517 g/mol. The van der Waals surface area contributed by atoms with Gasteiger partial charge in [0.25, 0.3) is 0 Å². The van der Waals surface area contributed by atoms with Crippen LogP contribution in [0.4, 0.5) is 5.95 Å². The lowest BCUT2D eigenvalue weighted by Gasteiger charge is -2.39. The Morgan fingerprint density at radius 2 is 1.81 bits per heavy atom. The SMILES string of the molecule is Cn1nc2ccc(-c3n[nH]c4nc(N5CCC(N)(c6ccccc6)CC5)nc(C#N)c34)c(Cl)c2c1Cl. The van der Waals surface area contributed by atoms with E-state index in [4.69, 9.17) is 33.9 Å². The van der Waals surface area contributed by atoms with Gasteiger partial charge < -0.3 is 10.6 Å². The largest absolute Gasteiger partial charge is 0.341 e. The van der Waals surface area contributed by atoms with Crippen molar-refractivity contribution >= 4 is 51.1 Å². The van der Waals surface area contributed by atoms with E-state index < -0.39 is 5.54 Å². The molecular weight excluding hydrogens is 497 g/mol. The number of fused-ring (bicyclic) bond motifs is 2. The standard InChI is InChI=1S/C25H21Cl2N9/c1-35-22(27)18-16(34-35)8-7-15(20(18)26)21-19-17(13-28)30-24(31-23(19)33-32-21)36-11-9-25(29,10-12-36)14-5-3-2-4-6-14/h2-8H,9-12,29H2,1H3,(H,30,31,32,33). The topological polar surface area (TPSA) is 125 Å². The summed E-state index contributed by atoms with van der Waals surface area (Å²) in [5.74, 6) is 0.473. The third kappa shape index (κ3) is 3.49. The summed E-state index contributed by atoms with van der Waals surface area (Å²) in [6.07, 6.45) is 1.49. The molecule has 0 spiro atoms. The van der Waals surface area contributed by atoms with Gasteiger partial charge in [-0.05, 0) is 30.5 Å². The predicted octanol–water partition coefficient (Wildman–Crippen LogP) is 4.54. The van der Waals surface area contributed by atoms with Crippen LogP contribution >= 0.6 is 23.2 Å². The maximum Gasteiger partial charge on any atom is 0.228 e. The van der Waals surface area contributed by atoms with Crippen molar-refractivity contribution in [2.75, 3.05) is 18.0 Å². The first-order valence-corrected chi connectivity index (χ1v) is 12.2. The van der Waals surface area contributed by atoms with E-state index in [9.17, 15) is 5.26 Å². The molecule has 9 nitrogen and oxygen atoms in total. The molecule has 4 heterocycles. The van der Waals surface area contributed by atoms with E-state index in [0.717, 1.165) is 18.4 Å². The van der Waals surface area contributed by atoms with Gasteiger partial charge in [0.05, 0.1) is 21.3 Å². The second-order valence-corrected chi connectivity index (χ2v) is 9.76. The number of aromatic nitrogens is 6. The van der Waals surface area contributed by atoms with E-state index >= 15 is 0 Å². The fourth-order valence-corrected chi connectivity index (χ4v) is 5.51. The summed E-state index contributed by atoms with van der Waals surface area (Å²) in [5, 5.41) is 23.7. The zero-order chi connectivity index (χ0) is 25.0. The molecule has 0 aliphatic carbocycles. The van der Waals surface area contributed by atoms with Gasteiger partial charge in [-0.1, -0.05) is 53.5 Å². The fraction of sp³-hybridized carbons (Fsp3) is 0.240. The molecule has 3 aromatic heterocycles. The number of hydrogen-bond donors (Lipinski definition) is 2. The van der Waals surface area contributed by atoms with Crippen LogP contribution in [0.25, 0.3) is 33.2 Å². The first-order chi connectivity index (χ1) is 17.4. The summed E-state index contributed by atoms with van der Waals surface area (Å²) in [4.78, 5) is 11.4. The number of aromatic amines is 1. The van der Waals surface area contributed by atoms with Crippen molar-refractivity contribution in [3.63, 3.8) is 0 Å². The van der Waals surface area contributed by atoms with Crippen molar-refractivity contribution in [2.24, 2.45) is 12.8 Å². The van der Waals surface area contributed by atoms with Gasteiger partial charge in [0.2, 0.25) is 5.95 Å². The molecule has 0 amide bonds. The van der Waals surface area contributed by atoms with Crippen LogP contribution in [0.15, 0.2) is 42.5 Å². The Kier molecular flexibility index (Phi) is 5.34. The maximum atomic E-state index is 9.98. The van der Waals surface area contributed by atoms with Gasteiger partial charge in [0.1, 0.15) is 16.9 Å². The number of benzene rings is 2. The third-order valence-electron chi connectivity index (χ3n) is 6.92. The lowest BCUT2D eigenvalue weighted by Crippen LogP contribution is -2.48. The average molecular weight is 518 g/mol. The molecule has 0 atom stereocenters. The number of nitrogens with one attached hydrogen (secondary N) is 1. The molecule has 36 heavy (non-hydrogen) atoms. The number of nitriles is 1. The molecule has 0 bridgehead atoms. The second-order valence-electron chi connectivity index (χ2n) is 9.02. The van der Waals surface area contributed by atoms with Gasteiger partial charge in [-0.2, -0.15) is 20.4 Å². The minimum atomic E-state index is -0.399. The highest BCUT2D eigenvalue weighted by Crippen LogP contribution is 2.40. The van der Waals surface area contributed by atoms with Crippen molar-refractivity contribution in [1.29, 1.82) is 5.26 Å². The van der Waals surface area contributed by atoms with E-state index in [2.05, 4.69) is 43.4 Å². The van der Waals surface area contributed by atoms with E-state index in [-0.39, 0.29) is 5.69 Å². The lowest BCUT2D eigenvalue weighted by atomic mass is 9.82. The highest BCUT2D eigenvalue weighted by molar-refractivity contribution is 6.43. The van der Waals surface area contributed by atoms with Gasteiger partial charge in [-0.3, -0.25) is 9.78 Å². The summed E-state index contributed by atoms with van der Waals surface area (Å²) < 4.78 is 1.56. The molecule has 11 heteroatoms. The Balaban J connectivity index is 1.37. The zero-order valence-corrected chi connectivity index (χ0v) is 20.8. The van der Waals surface area contributed by atoms with Crippen LogP contribution in [-0.2, 0) is 12.6 Å². The Morgan fingerprint density at radius 1 is 1.06 bits per heavy atom. The molecule has 180 valence electrons. The molecule has 1 aliphatic heterocycles. The van der Waals surface area contributed by atoms with E-state index in [1.54, 1.807) is 11.7 Å². The van der Waals surface area contributed by atoms with Gasteiger partial charge in [-0.25, -0.2) is 4.98 Å². The number of anilines is 1. The lowest BCUT2D eigenvalue weighted by molar-refractivity contribution is 0.340. The first kappa shape index (κ1) is 22.7. The van der Waals surface area contributed by atoms with Crippen LogP contribution in [0, 0.1) is 11.3 Å². The van der Waals surface area contributed by atoms with Gasteiger partial charge >= 0.3 is 0 Å². The minimum Gasteiger partial charge on any atom is -0.341 e. The normalized spacial score (nSPS) is 15.5. The molecule has 3 N–H and O–H groups in total. The van der Waals surface area contributed by atoms with Crippen LogP contribution < -0.4 is 10.6 Å². The smallest absolute Gasteiger partial charge is 0.228 e. The van der Waals surface area contributed by atoms with Gasteiger partial charge in [0, 0.05) is 31.2 Å². The second kappa shape index (κ2) is 8.45. The molecule has 1 saturated heterocycles. The number of nitrogens with two attached hydrogens (primary N) is 1. The van der Waals surface area contributed by atoms with E-state index in [1.807, 2.05) is 30.3 Å². The van der Waals surface area contributed by atoms with Crippen LogP contribution in [0.1, 0.15) is 24.1 Å². The molecule has 0 unspecified atom stereocenters. The molecular formula is C25H21Cl2N9. The summed E-state index contributed by atoms with van der Waals surface area (Å²) in [7, 11) is 1.75. The van der Waals surface area contributed by atoms with Crippen molar-refractivity contribution < 1.29 is 0 Å². The molecule has 6 rings (SSSR count). The zero-order valence-electron chi connectivity index (χ0n) is 19.3. The van der Waals surface area contributed by atoms with Crippen molar-refractivity contribution in [2.45, 2.75) is 18.4 Å². The number of hydrogen-bond acceptors (Lipinski definition) is 7. The fourth-order valence-electron chi connectivity index (χ4n) is 4.90. The highest BCUT2D eigenvalue weighted by Gasteiger charge is 2.33. The maximum absolute atomic E-state index is 9.98. The van der Waals surface area contributed by atoms with Crippen LogP contribution in [0.3, 0.4) is 0 Å². The Hall–Kier alpha value is -3.71. The highest BCUT2D eigenvalue weighted by atomic mass is 35.5. The first-order valence-electron chi connectivity index (χ1n) is 11.5. The van der Waals surface area contributed by atoms with Crippen molar-refractivity contribution in [3.05, 3.63) is 63.9 Å². The Morgan fingerprint density at radius 3 is 2.53 bits per heavy atom. The predicted molar refractivity (Wildman–Crippen MR) is 140 cm³/mol. The minimum absolute atomic E-state index is 0.222. The van der Waals surface area contributed by atoms with Crippen molar-refractivity contribution in [1.82, 2.24) is 29.9 Å². The van der Waals surface area contributed by atoms with Crippen LogP contribution in [0.2, 0.25) is 10.2 Å². The van der Waals surface area contributed by atoms with E-state index in [1.165, 1.54) is 0 Å².